The van der Waals surface area contributed by atoms with Gasteiger partial charge in [0.05, 0.1) is 20.6 Å². The first kappa shape index (κ1) is 19.6. The number of methoxy groups -OCH3 is 2. The Hall–Kier alpha value is -2.44. The summed E-state index contributed by atoms with van der Waals surface area (Å²) in [7, 11) is 4.73. The van der Waals surface area contributed by atoms with E-state index >= 15 is 0 Å². The third kappa shape index (κ3) is 5.33. The van der Waals surface area contributed by atoms with E-state index in [0.717, 1.165) is 5.56 Å². The Bertz CT molecular complexity index is 586. The molecule has 24 heavy (non-hydrogen) atoms. The average molecular weight is 338 g/mol. The van der Waals surface area contributed by atoms with E-state index in [1.54, 1.807) is 21.3 Å². The van der Waals surface area contributed by atoms with Crippen LogP contribution >= 0.6 is 0 Å². The molecule has 0 unspecified atom stereocenters. The number of urea groups is 1. The topological polar surface area (TPSA) is 88.1 Å². The lowest BCUT2D eigenvalue weighted by atomic mass is 9.84. The minimum Gasteiger partial charge on any atom is -0.493 e. The molecule has 2 amide bonds. The predicted octanol–water partition coefficient (Wildman–Crippen LogP) is 2.10. The van der Waals surface area contributed by atoms with Crippen LogP contribution in [0.25, 0.3) is 0 Å². The molecule has 2 N–H and O–H groups in total. The number of benzene rings is 1. The molecule has 0 aliphatic heterocycles. The maximum absolute atomic E-state index is 12.0. The normalized spacial score (nSPS) is 10.9. The predicted molar refractivity (Wildman–Crippen MR) is 90.9 cm³/mol. The molecule has 0 aliphatic carbocycles. The summed E-state index contributed by atoms with van der Waals surface area (Å²) in [4.78, 5) is 24.0. The van der Waals surface area contributed by atoms with Crippen LogP contribution in [-0.4, -0.2) is 56.4 Å². The lowest BCUT2D eigenvalue weighted by molar-refractivity contribution is -0.137. The second-order valence-corrected chi connectivity index (χ2v) is 6.18. The number of amides is 2. The van der Waals surface area contributed by atoms with Crippen molar-refractivity contribution < 1.29 is 24.2 Å². The number of hydrogen-bond acceptors (Lipinski definition) is 4. The van der Waals surface area contributed by atoms with Crippen LogP contribution in [0.1, 0.15) is 25.8 Å². The number of aliphatic carboxylic acids is 1. The Morgan fingerprint density at radius 2 is 1.83 bits per heavy atom. The maximum Gasteiger partial charge on any atom is 0.317 e. The molecule has 0 heterocycles. The standard InChI is InChI=1S/C17H26N2O5/c1-17(2,11-18-16(22)19(3)9-8-15(20)21)12-6-7-13(23-4)14(10-12)24-5/h6-7,10H,8-9,11H2,1-5H3,(H,18,22)(H,20,21). The highest BCUT2D eigenvalue weighted by atomic mass is 16.5. The minimum atomic E-state index is -0.930. The second kappa shape index (κ2) is 8.42. The summed E-state index contributed by atoms with van der Waals surface area (Å²) < 4.78 is 10.5. The zero-order chi connectivity index (χ0) is 18.3. The molecule has 1 aromatic rings. The SMILES string of the molecule is COc1ccc(C(C)(C)CNC(=O)N(C)CCC(=O)O)cc1OC. The van der Waals surface area contributed by atoms with Gasteiger partial charge in [0.1, 0.15) is 0 Å². The molecule has 1 rings (SSSR count). The highest BCUT2D eigenvalue weighted by Crippen LogP contribution is 2.32. The monoisotopic (exact) mass is 338 g/mol. The zero-order valence-electron chi connectivity index (χ0n) is 14.9. The lowest BCUT2D eigenvalue weighted by Gasteiger charge is -2.28. The number of rotatable bonds is 8. The van der Waals surface area contributed by atoms with Gasteiger partial charge in [-0.15, -0.1) is 0 Å². The Balaban J connectivity index is 2.72. The molecule has 0 saturated heterocycles. The zero-order valence-corrected chi connectivity index (χ0v) is 14.9. The quantitative estimate of drug-likeness (QED) is 0.758. The molecule has 7 heteroatoms. The molecule has 0 bridgehead atoms. The summed E-state index contributed by atoms with van der Waals surface area (Å²) in [5.41, 5.74) is 0.664. The Morgan fingerprint density at radius 1 is 1.21 bits per heavy atom. The number of nitrogens with one attached hydrogen (secondary N) is 1. The van der Waals surface area contributed by atoms with Gasteiger partial charge in [0.2, 0.25) is 0 Å². The van der Waals surface area contributed by atoms with E-state index in [4.69, 9.17) is 14.6 Å². The lowest BCUT2D eigenvalue weighted by Crippen LogP contribution is -2.43. The van der Waals surface area contributed by atoms with Crippen molar-refractivity contribution in [3.63, 3.8) is 0 Å². The van der Waals surface area contributed by atoms with Crippen LogP contribution in [0.5, 0.6) is 11.5 Å². The summed E-state index contributed by atoms with van der Waals surface area (Å²) in [5.74, 6) is 0.350. The first-order chi connectivity index (χ1) is 11.2. The molecule has 0 saturated carbocycles. The van der Waals surface area contributed by atoms with Gasteiger partial charge in [-0.25, -0.2) is 4.79 Å². The summed E-state index contributed by atoms with van der Waals surface area (Å²) >= 11 is 0. The van der Waals surface area contributed by atoms with Gasteiger partial charge >= 0.3 is 12.0 Å². The largest absolute Gasteiger partial charge is 0.493 e. The number of carboxylic acids is 1. The van der Waals surface area contributed by atoms with Gasteiger partial charge in [-0.05, 0) is 17.7 Å². The van der Waals surface area contributed by atoms with E-state index in [9.17, 15) is 9.59 Å². The van der Waals surface area contributed by atoms with Crippen molar-refractivity contribution in [2.24, 2.45) is 0 Å². The highest BCUT2D eigenvalue weighted by molar-refractivity contribution is 5.75. The summed E-state index contributed by atoms with van der Waals surface area (Å²) in [6.45, 7) is 4.58. The van der Waals surface area contributed by atoms with E-state index in [2.05, 4.69) is 5.32 Å². The van der Waals surface area contributed by atoms with Crippen LogP contribution in [0.3, 0.4) is 0 Å². The molecule has 0 atom stereocenters. The van der Waals surface area contributed by atoms with Crippen LogP contribution in [0, 0.1) is 0 Å². The fourth-order valence-electron chi connectivity index (χ4n) is 2.16. The second-order valence-electron chi connectivity index (χ2n) is 6.18. The summed E-state index contributed by atoms with van der Waals surface area (Å²) in [6.07, 6.45) is -0.0804. The highest BCUT2D eigenvalue weighted by Gasteiger charge is 2.24. The van der Waals surface area contributed by atoms with Crippen molar-refractivity contribution >= 4 is 12.0 Å². The Labute approximate surface area is 142 Å². The number of hydrogen-bond donors (Lipinski definition) is 2. The van der Waals surface area contributed by atoms with Crippen molar-refractivity contribution in [3.05, 3.63) is 23.8 Å². The van der Waals surface area contributed by atoms with Crippen LogP contribution in [0.15, 0.2) is 18.2 Å². The summed E-state index contributed by atoms with van der Waals surface area (Å²) in [6, 6.07) is 5.35. The Kier molecular flexibility index (Phi) is 6.88. The van der Waals surface area contributed by atoms with Crippen LogP contribution < -0.4 is 14.8 Å². The molecule has 7 nitrogen and oxygen atoms in total. The minimum absolute atomic E-state index is 0.0804. The van der Waals surface area contributed by atoms with Gasteiger partial charge in [-0.1, -0.05) is 19.9 Å². The van der Waals surface area contributed by atoms with Crippen LogP contribution in [0.4, 0.5) is 4.79 Å². The number of carbonyl (C=O) groups is 2. The Morgan fingerprint density at radius 3 is 2.38 bits per heavy atom. The molecule has 0 spiro atoms. The van der Waals surface area contributed by atoms with Crippen molar-refractivity contribution in [2.45, 2.75) is 25.7 Å². The number of carboxylic acid groups (broad SMARTS) is 1. The molecule has 1 aromatic carbocycles. The fourth-order valence-corrected chi connectivity index (χ4v) is 2.16. The van der Waals surface area contributed by atoms with Gasteiger partial charge in [0, 0.05) is 25.6 Å². The first-order valence-corrected chi connectivity index (χ1v) is 7.64. The molecular formula is C17H26N2O5. The van der Waals surface area contributed by atoms with Crippen molar-refractivity contribution in [2.75, 3.05) is 34.4 Å². The van der Waals surface area contributed by atoms with E-state index in [-0.39, 0.29) is 24.4 Å². The number of ether oxygens (including phenoxy) is 2. The average Bonchev–Trinajstić information content (AvgIpc) is 2.56. The third-order valence-electron chi connectivity index (χ3n) is 3.85. The first-order valence-electron chi connectivity index (χ1n) is 7.64. The smallest absolute Gasteiger partial charge is 0.317 e. The van der Waals surface area contributed by atoms with Crippen molar-refractivity contribution in [1.82, 2.24) is 10.2 Å². The fraction of sp³-hybridized carbons (Fsp3) is 0.529. The van der Waals surface area contributed by atoms with Gasteiger partial charge in [-0.2, -0.15) is 0 Å². The van der Waals surface area contributed by atoms with E-state index in [0.29, 0.717) is 18.0 Å². The molecular weight excluding hydrogens is 312 g/mol. The molecule has 134 valence electrons. The van der Waals surface area contributed by atoms with E-state index in [1.165, 1.54) is 4.90 Å². The van der Waals surface area contributed by atoms with Gasteiger partial charge < -0.3 is 24.8 Å². The van der Waals surface area contributed by atoms with E-state index in [1.807, 2.05) is 32.0 Å². The van der Waals surface area contributed by atoms with Gasteiger partial charge in [-0.3, -0.25) is 4.79 Å². The summed E-state index contributed by atoms with van der Waals surface area (Å²) in [5, 5.41) is 11.5. The van der Waals surface area contributed by atoms with E-state index < -0.39 is 5.97 Å². The molecule has 0 radical (unpaired) electrons. The van der Waals surface area contributed by atoms with Crippen LogP contribution in [-0.2, 0) is 10.2 Å². The maximum atomic E-state index is 12.0. The molecule has 0 aromatic heterocycles. The van der Waals surface area contributed by atoms with Crippen molar-refractivity contribution in [1.29, 1.82) is 0 Å². The van der Waals surface area contributed by atoms with Crippen LogP contribution in [0.2, 0.25) is 0 Å². The van der Waals surface area contributed by atoms with Gasteiger partial charge in [0.15, 0.2) is 11.5 Å². The molecule has 0 aliphatic rings. The van der Waals surface area contributed by atoms with Crippen molar-refractivity contribution in [3.8, 4) is 11.5 Å². The molecule has 0 fully saturated rings. The number of nitrogens with zero attached hydrogens (tertiary/aromatic N) is 1. The third-order valence-corrected chi connectivity index (χ3v) is 3.85. The number of carbonyl (C=O) groups excluding carboxylic acids is 1. The van der Waals surface area contributed by atoms with Gasteiger partial charge in [0.25, 0.3) is 0 Å².